The zero-order valence-corrected chi connectivity index (χ0v) is 9.31. The summed E-state index contributed by atoms with van der Waals surface area (Å²) in [5, 5.41) is 13.8. The lowest BCUT2D eigenvalue weighted by Crippen LogP contribution is -1.99. The molecule has 0 amide bonds. The zero-order chi connectivity index (χ0) is 12.3. The van der Waals surface area contributed by atoms with Gasteiger partial charge in [0.1, 0.15) is 5.15 Å². The van der Waals surface area contributed by atoms with Gasteiger partial charge in [-0.1, -0.05) is 23.7 Å². The monoisotopic (exact) mass is 248 g/mol. The van der Waals surface area contributed by atoms with Gasteiger partial charge in [0.25, 0.3) is 0 Å². The lowest BCUT2D eigenvalue weighted by Gasteiger charge is -2.05. The van der Waals surface area contributed by atoms with Crippen molar-refractivity contribution in [1.29, 1.82) is 0 Å². The topological polar surface area (TPSA) is 68.1 Å². The van der Waals surface area contributed by atoms with Crippen molar-refractivity contribution in [2.24, 2.45) is 0 Å². The van der Waals surface area contributed by atoms with Crippen LogP contribution in [0.3, 0.4) is 0 Å². The van der Waals surface area contributed by atoms with Gasteiger partial charge in [-0.25, -0.2) is 4.98 Å². The number of nitro groups is 1. The summed E-state index contributed by atoms with van der Waals surface area (Å²) in [6.07, 6.45) is 0. The third-order valence-electron chi connectivity index (χ3n) is 2.02. The minimum atomic E-state index is -0.513. The summed E-state index contributed by atoms with van der Waals surface area (Å²) in [5.41, 5.74) is 0.559. The summed E-state index contributed by atoms with van der Waals surface area (Å²) in [7, 11) is 0. The molecule has 1 radical (unpaired) electrons. The second-order valence-electron chi connectivity index (χ2n) is 3.17. The molecule has 1 aromatic heterocycles. The van der Waals surface area contributed by atoms with Crippen molar-refractivity contribution in [1.82, 2.24) is 4.98 Å². The van der Waals surface area contributed by atoms with E-state index in [1.54, 1.807) is 24.3 Å². The van der Waals surface area contributed by atoms with Crippen molar-refractivity contribution in [2.45, 2.75) is 0 Å². The molecule has 0 spiro atoms. The second-order valence-corrected chi connectivity index (χ2v) is 3.56. The Kier molecular flexibility index (Phi) is 3.20. The highest BCUT2D eigenvalue weighted by Gasteiger charge is 2.15. The maximum atomic E-state index is 10.8. The predicted molar refractivity (Wildman–Crippen MR) is 64.5 cm³/mol. The predicted octanol–water partition coefficient (Wildman–Crippen LogP) is 3.19. The number of pyridine rings is 1. The average molecular weight is 249 g/mol. The molecule has 0 aliphatic heterocycles. The van der Waals surface area contributed by atoms with Crippen LogP contribution in [0.25, 0.3) is 0 Å². The highest BCUT2D eigenvalue weighted by molar-refractivity contribution is 6.29. The number of hydrogen-bond acceptors (Lipinski definition) is 4. The Balaban J connectivity index is 2.37. The van der Waals surface area contributed by atoms with Crippen LogP contribution < -0.4 is 5.32 Å². The zero-order valence-electron chi connectivity index (χ0n) is 8.55. The molecule has 2 rings (SSSR count). The molecule has 0 unspecified atom stereocenters. The van der Waals surface area contributed by atoms with E-state index in [9.17, 15) is 10.1 Å². The number of anilines is 2. The molecule has 1 heterocycles. The van der Waals surface area contributed by atoms with E-state index in [1.165, 1.54) is 12.1 Å². The molecule has 0 aliphatic rings. The standard InChI is InChI=1S/C11H7ClN3O2/c12-10-7-6-9(15(16)17)11(14-10)13-8-4-2-1-3-5-8/h2-7H,(H,13,14). The van der Waals surface area contributed by atoms with Crippen molar-refractivity contribution in [3.63, 3.8) is 0 Å². The van der Waals surface area contributed by atoms with E-state index in [0.717, 1.165) is 0 Å². The summed E-state index contributed by atoms with van der Waals surface area (Å²) < 4.78 is 0. The van der Waals surface area contributed by atoms with Crippen LogP contribution in [0.4, 0.5) is 17.2 Å². The molecule has 1 aromatic carbocycles. The number of benzene rings is 1. The van der Waals surface area contributed by atoms with E-state index >= 15 is 0 Å². The van der Waals surface area contributed by atoms with Crippen LogP contribution in [0, 0.1) is 16.2 Å². The Hall–Kier alpha value is -2.14. The molecular formula is C11H7ClN3O2. The molecule has 0 atom stereocenters. The molecule has 5 nitrogen and oxygen atoms in total. The molecule has 2 aromatic rings. The molecule has 85 valence electrons. The summed E-state index contributed by atoms with van der Waals surface area (Å²) in [4.78, 5) is 14.2. The van der Waals surface area contributed by atoms with Gasteiger partial charge < -0.3 is 5.32 Å². The SMILES string of the molecule is O=[N+]([O-])c1ccc(Cl)nc1Nc1cc[c]cc1. The largest absolute Gasteiger partial charge is 0.334 e. The quantitative estimate of drug-likeness (QED) is 0.515. The smallest absolute Gasteiger partial charge is 0.311 e. The van der Waals surface area contributed by atoms with Crippen LogP contribution in [0.5, 0.6) is 0 Å². The first kappa shape index (κ1) is 11.3. The second kappa shape index (κ2) is 4.80. The van der Waals surface area contributed by atoms with E-state index in [-0.39, 0.29) is 16.7 Å². The molecule has 6 heteroatoms. The number of nitrogens with one attached hydrogen (secondary N) is 1. The number of rotatable bonds is 3. The minimum absolute atomic E-state index is 0.119. The van der Waals surface area contributed by atoms with E-state index in [2.05, 4.69) is 16.4 Å². The first-order valence-electron chi connectivity index (χ1n) is 4.71. The lowest BCUT2D eigenvalue weighted by molar-refractivity contribution is -0.384. The molecule has 0 aliphatic carbocycles. The highest BCUT2D eigenvalue weighted by Crippen LogP contribution is 2.26. The Morgan fingerprint density at radius 1 is 1.29 bits per heavy atom. The van der Waals surface area contributed by atoms with Crippen molar-refractivity contribution in [3.8, 4) is 0 Å². The number of aromatic nitrogens is 1. The van der Waals surface area contributed by atoms with E-state index in [1.807, 2.05) is 0 Å². The summed E-state index contributed by atoms with van der Waals surface area (Å²) in [6.45, 7) is 0. The van der Waals surface area contributed by atoms with E-state index in [0.29, 0.717) is 5.69 Å². The van der Waals surface area contributed by atoms with Crippen molar-refractivity contribution in [2.75, 3.05) is 5.32 Å². The minimum Gasteiger partial charge on any atom is -0.334 e. The molecule has 17 heavy (non-hydrogen) atoms. The van der Waals surface area contributed by atoms with Gasteiger partial charge in [-0.05, 0) is 24.3 Å². The summed E-state index contributed by atoms with van der Waals surface area (Å²) in [6, 6.07) is 12.4. The third kappa shape index (κ3) is 2.70. The molecule has 0 bridgehead atoms. The maximum absolute atomic E-state index is 10.8. The van der Waals surface area contributed by atoms with Gasteiger partial charge in [-0.2, -0.15) is 0 Å². The van der Waals surface area contributed by atoms with E-state index < -0.39 is 4.92 Å². The fraction of sp³-hybridized carbons (Fsp3) is 0. The van der Waals surface area contributed by atoms with Gasteiger partial charge >= 0.3 is 5.69 Å². The normalized spacial score (nSPS) is 9.94. The Morgan fingerprint density at radius 3 is 2.65 bits per heavy atom. The first-order valence-corrected chi connectivity index (χ1v) is 5.08. The fourth-order valence-electron chi connectivity index (χ4n) is 1.27. The van der Waals surface area contributed by atoms with Gasteiger partial charge in [-0.15, -0.1) is 0 Å². The van der Waals surface area contributed by atoms with Crippen LogP contribution in [0.1, 0.15) is 0 Å². The van der Waals surface area contributed by atoms with Gasteiger partial charge in [-0.3, -0.25) is 10.1 Å². The lowest BCUT2D eigenvalue weighted by atomic mass is 10.3. The molecule has 1 N–H and O–H groups in total. The summed E-state index contributed by atoms with van der Waals surface area (Å²) in [5.74, 6) is 0.119. The Bertz CT molecular complexity index is 546. The Labute approximate surface area is 102 Å². The Morgan fingerprint density at radius 2 is 2.00 bits per heavy atom. The van der Waals surface area contributed by atoms with Gasteiger partial charge in [0.2, 0.25) is 5.82 Å². The fourth-order valence-corrected chi connectivity index (χ4v) is 1.42. The van der Waals surface area contributed by atoms with Crippen LogP contribution in [-0.2, 0) is 0 Å². The molecule has 0 fully saturated rings. The third-order valence-corrected chi connectivity index (χ3v) is 2.23. The van der Waals surface area contributed by atoms with Crippen LogP contribution in [0.2, 0.25) is 5.15 Å². The molecule has 0 saturated heterocycles. The molecule has 0 saturated carbocycles. The van der Waals surface area contributed by atoms with Gasteiger partial charge in [0.15, 0.2) is 0 Å². The van der Waals surface area contributed by atoms with Crippen LogP contribution >= 0.6 is 11.6 Å². The van der Waals surface area contributed by atoms with Crippen molar-refractivity contribution >= 4 is 28.8 Å². The highest BCUT2D eigenvalue weighted by atomic mass is 35.5. The first-order chi connectivity index (χ1) is 8.16. The van der Waals surface area contributed by atoms with Crippen LogP contribution in [0.15, 0.2) is 36.4 Å². The summed E-state index contributed by atoms with van der Waals surface area (Å²) >= 11 is 5.71. The van der Waals surface area contributed by atoms with E-state index in [4.69, 9.17) is 11.6 Å². The van der Waals surface area contributed by atoms with Crippen molar-refractivity contribution < 1.29 is 4.92 Å². The average Bonchev–Trinajstić information content (AvgIpc) is 2.30. The maximum Gasteiger partial charge on any atom is 0.311 e. The molecular weight excluding hydrogens is 242 g/mol. The number of nitrogens with zero attached hydrogens (tertiary/aromatic N) is 2. The number of hydrogen-bond donors (Lipinski definition) is 1. The number of halogens is 1. The van der Waals surface area contributed by atoms with Gasteiger partial charge in [0.05, 0.1) is 4.92 Å². The van der Waals surface area contributed by atoms with Gasteiger partial charge in [0, 0.05) is 11.8 Å². The van der Waals surface area contributed by atoms with Crippen molar-refractivity contribution in [3.05, 3.63) is 57.7 Å². The van der Waals surface area contributed by atoms with Crippen LogP contribution in [-0.4, -0.2) is 9.91 Å².